The van der Waals surface area contributed by atoms with Crippen LogP contribution in [0, 0.1) is 0 Å². The number of benzene rings is 1. The summed E-state index contributed by atoms with van der Waals surface area (Å²) in [5, 5.41) is 3.46. The normalized spacial score (nSPS) is 16.8. The van der Waals surface area contributed by atoms with Crippen LogP contribution in [-0.2, 0) is 4.79 Å². The minimum absolute atomic E-state index is 0.321. The zero-order valence-electron chi connectivity index (χ0n) is 9.11. The van der Waals surface area contributed by atoms with Gasteiger partial charge in [0.05, 0.1) is 11.2 Å². The molecule has 1 aliphatic rings. The van der Waals surface area contributed by atoms with Crippen LogP contribution >= 0.6 is 0 Å². The van der Waals surface area contributed by atoms with E-state index in [0.717, 1.165) is 10.9 Å². The zero-order chi connectivity index (χ0) is 11.9. The van der Waals surface area contributed by atoms with Gasteiger partial charge >= 0.3 is 0 Å². The molecular formula is C13H11FN2O. The predicted octanol–water partition coefficient (Wildman–Crippen LogP) is 2.68. The molecule has 2 aromatic rings. The number of aromatic nitrogens is 1. The van der Waals surface area contributed by atoms with Crippen LogP contribution < -0.4 is 5.32 Å². The minimum Gasteiger partial charge on any atom is -0.323 e. The fourth-order valence-corrected chi connectivity index (χ4v) is 1.78. The standard InChI is InChI=1S/C13H11FN2O/c14-13(6-7-13)12(17)16-11-5-1-4-10-9(11)3-2-8-15-10/h1-5,8H,6-7H2,(H,16,17). The van der Waals surface area contributed by atoms with Gasteiger partial charge in [-0.15, -0.1) is 0 Å². The lowest BCUT2D eigenvalue weighted by Crippen LogP contribution is -2.25. The summed E-state index contributed by atoms with van der Waals surface area (Å²) in [6, 6.07) is 9.06. The summed E-state index contributed by atoms with van der Waals surface area (Å²) in [7, 11) is 0. The van der Waals surface area contributed by atoms with Gasteiger partial charge in [-0.25, -0.2) is 4.39 Å². The van der Waals surface area contributed by atoms with Gasteiger partial charge in [0.25, 0.3) is 5.91 Å². The lowest BCUT2D eigenvalue weighted by Gasteiger charge is -2.09. The average molecular weight is 230 g/mol. The molecule has 1 N–H and O–H groups in total. The van der Waals surface area contributed by atoms with Crippen molar-refractivity contribution < 1.29 is 9.18 Å². The van der Waals surface area contributed by atoms with Gasteiger partial charge < -0.3 is 5.32 Å². The Morgan fingerprint density at radius 3 is 2.88 bits per heavy atom. The number of anilines is 1. The largest absolute Gasteiger partial charge is 0.323 e. The summed E-state index contributed by atoms with van der Waals surface area (Å²) in [5.74, 6) is -0.547. The number of hydrogen-bond acceptors (Lipinski definition) is 2. The summed E-state index contributed by atoms with van der Waals surface area (Å²) < 4.78 is 13.6. The van der Waals surface area contributed by atoms with E-state index in [-0.39, 0.29) is 0 Å². The van der Waals surface area contributed by atoms with Gasteiger partial charge in [-0.1, -0.05) is 6.07 Å². The molecule has 1 amide bonds. The van der Waals surface area contributed by atoms with Crippen molar-refractivity contribution in [3.8, 4) is 0 Å². The third-order valence-electron chi connectivity index (χ3n) is 2.99. The highest BCUT2D eigenvalue weighted by Gasteiger charge is 2.50. The number of pyridine rings is 1. The number of nitrogens with one attached hydrogen (secondary N) is 1. The number of nitrogens with zero attached hydrogens (tertiary/aromatic N) is 1. The highest BCUT2D eigenvalue weighted by Crippen LogP contribution is 2.41. The van der Waals surface area contributed by atoms with Crippen molar-refractivity contribution in [2.24, 2.45) is 0 Å². The summed E-state index contributed by atoms with van der Waals surface area (Å²) in [6.45, 7) is 0. The third kappa shape index (κ3) is 1.75. The molecule has 0 unspecified atom stereocenters. The monoisotopic (exact) mass is 230 g/mol. The second-order valence-electron chi connectivity index (χ2n) is 4.30. The number of halogens is 1. The minimum atomic E-state index is -1.65. The number of fused-ring (bicyclic) bond motifs is 1. The molecule has 0 saturated heterocycles. The van der Waals surface area contributed by atoms with Crippen LogP contribution in [-0.4, -0.2) is 16.6 Å². The molecule has 1 aromatic carbocycles. The van der Waals surface area contributed by atoms with Crippen LogP contribution in [0.4, 0.5) is 10.1 Å². The van der Waals surface area contributed by atoms with Crippen molar-refractivity contribution in [2.45, 2.75) is 18.5 Å². The number of hydrogen-bond donors (Lipinski definition) is 1. The molecule has 4 heteroatoms. The fourth-order valence-electron chi connectivity index (χ4n) is 1.78. The highest BCUT2D eigenvalue weighted by molar-refractivity contribution is 6.05. The van der Waals surface area contributed by atoms with Crippen LogP contribution in [0.3, 0.4) is 0 Å². The average Bonchev–Trinajstić information content (AvgIpc) is 3.09. The lowest BCUT2D eigenvalue weighted by atomic mass is 10.1. The van der Waals surface area contributed by atoms with Gasteiger partial charge in [0.2, 0.25) is 0 Å². The Morgan fingerprint density at radius 1 is 1.29 bits per heavy atom. The Hall–Kier alpha value is -1.97. The SMILES string of the molecule is O=C(Nc1cccc2ncccc12)C1(F)CC1. The van der Waals surface area contributed by atoms with Crippen molar-refractivity contribution in [1.82, 2.24) is 4.98 Å². The molecule has 3 rings (SSSR count). The first kappa shape index (κ1) is 10.2. The van der Waals surface area contributed by atoms with E-state index >= 15 is 0 Å². The number of amides is 1. The molecule has 0 spiro atoms. The Balaban J connectivity index is 1.97. The maximum Gasteiger partial charge on any atom is 0.262 e. The lowest BCUT2D eigenvalue weighted by molar-refractivity contribution is -0.122. The molecule has 1 heterocycles. The highest BCUT2D eigenvalue weighted by atomic mass is 19.1. The van der Waals surface area contributed by atoms with Crippen molar-refractivity contribution >= 4 is 22.5 Å². The summed E-state index contributed by atoms with van der Waals surface area (Å²) >= 11 is 0. The van der Waals surface area contributed by atoms with Crippen LogP contribution in [0.5, 0.6) is 0 Å². The van der Waals surface area contributed by atoms with Crippen molar-refractivity contribution in [1.29, 1.82) is 0 Å². The van der Waals surface area contributed by atoms with Gasteiger partial charge in [0, 0.05) is 11.6 Å². The molecule has 0 radical (unpaired) electrons. The topological polar surface area (TPSA) is 42.0 Å². The Bertz CT molecular complexity index is 587. The van der Waals surface area contributed by atoms with E-state index in [9.17, 15) is 9.18 Å². The molecule has 0 bridgehead atoms. The molecule has 17 heavy (non-hydrogen) atoms. The quantitative estimate of drug-likeness (QED) is 0.861. The molecule has 1 saturated carbocycles. The summed E-state index contributed by atoms with van der Waals surface area (Å²) in [5.41, 5.74) is -0.247. The maximum atomic E-state index is 13.6. The van der Waals surface area contributed by atoms with Crippen LogP contribution in [0.1, 0.15) is 12.8 Å². The van der Waals surface area contributed by atoms with Gasteiger partial charge in [0.1, 0.15) is 0 Å². The molecule has 1 fully saturated rings. The molecule has 1 aromatic heterocycles. The maximum absolute atomic E-state index is 13.6. The fraction of sp³-hybridized carbons (Fsp3) is 0.231. The molecule has 3 nitrogen and oxygen atoms in total. The summed E-state index contributed by atoms with van der Waals surface area (Å²) in [6.07, 6.45) is 2.33. The van der Waals surface area contributed by atoms with E-state index in [1.54, 1.807) is 24.4 Å². The van der Waals surface area contributed by atoms with Crippen molar-refractivity contribution in [2.75, 3.05) is 5.32 Å². The van der Waals surface area contributed by atoms with Gasteiger partial charge in [-0.2, -0.15) is 0 Å². The smallest absolute Gasteiger partial charge is 0.262 e. The van der Waals surface area contributed by atoms with Gasteiger partial charge in [-0.3, -0.25) is 9.78 Å². The van der Waals surface area contributed by atoms with E-state index in [4.69, 9.17) is 0 Å². The summed E-state index contributed by atoms with van der Waals surface area (Å²) in [4.78, 5) is 15.8. The van der Waals surface area contributed by atoms with Crippen molar-refractivity contribution in [3.63, 3.8) is 0 Å². The van der Waals surface area contributed by atoms with Crippen LogP contribution in [0.15, 0.2) is 36.5 Å². The second-order valence-corrected chi connectivity index (χ2v) is 4.30. The van der Waals surface area contributed by atoms with E-state index < -0.39 is 11.6 Å². The first-order valence-electron chi connectivity index (χ1n) is 5.53. The predicted molar refractivity (Wildman–Crippen MR) is 63.4 cm³/mol. The molecule has 0 aliphatic heterocycles. The van der Waals surface area contributed by atoms with E-state index in [0.29, 0.717) is 18.5 Å². The second kappa shape index (κ2) is 3.52. The molecule has 86 valence electrons. The van der Waals surface area contributed by atoms with Crippen LogP contribution in [0.25, 0.3) is 10.9 Å². The first-order chi connectivity index (χ1) is 8.19. The number of carbonyl (C=O) groups is 1. The van der Waals surface area contributed by atoms with E-state index in [1.807, 2.05) is 12.1 Å². The zero-order valence-corrected chi connectivity index (χ0v) is 9.11. The third-order valence-corrected chi connectivity index (χ3v) is 2.99. The Kier molecular flexibility index (Phi) is 2.11. The molecule has 1 aliphatic carbocycles. The Morgan fingerprint density at radius 2 is 2.12 bits per heavy atom. The number of carbonyl (C=O) groups excluding carboxylic acids is 1. The van der Waals surface area contributed by atoms with E-state index in [2.05, 4.69) is 10.3 Å². The molecule has 0 atom stereocenters. The Labute approximate surface area is 97.7 Å². The molecular weight excluding hydrogens is 219 g/mol. The number of rotatable bonds is 2. The van der Waals surface area contributed by atoms with Gasteiger partial charge in [-0.05, 0) is 37.1 Å². The van der Waals surface area contributed by atoms with Crippen LogP contribution in [0.2, 0.25) is 0 Å². The van der Waals surface area contributed by atoms with Gasteiger partial charge in [0.15, 0.2) is 5.67 Å². The van der Waals surface area contributed by atoms with E-state index in [1.165, 1.54) is 0 Å². The number of alkyl halides is 1. The van der Waals surface area contributed by atoms with Crippen molar-refractivity contribution in [3.05, 3.63) is 36.5 Å². The first-order valence-corrected chi connectivity index (χ1v) is 5.53.